The van der Waals surface area contributed by atoms with Crippen LogP contribution in [0.5, 0.6) is 0 Å². The zero-order chi connectivity index (χ0) is 8.67. The van der Waals surface area contributed by atoms with Crippen LogP contribution in [-0.2, 0) is 0 Å². The molecule has 0 aliphatic heterocycles. The van der Waals surface area contributed by atoms with Crippen molar-refractivity contribution in [3.8, 4) is 0 Å². The van der Waals surface area contributed by atoms with Gasteiger partial charge in [-0.15, -0.1) is 0 Å². The molecule has 0 radical (unpaired) electrons. The van der Waals surface area contributed by atoms with E-state index in [2.05, 4.69) is 15.0 Å². The molecule has 4 heteroatoms. The smallest absolute Gasteiger partial charge is 0.178 e. The highest BCUT2D eigenvalue weighted by Gasteiger charge is 1.99. The van der Waals surface area contributed by atoms with Crippen molar-refractivity contribution >= 4 is 16.7 Å². The van der Waals surface area contributed by atoms with E-state index >= 15 is 0 Å². The Hall–Kier alpha value is -1.97. The van der Waals surface area contributed by atoms with Crippen LogP contribution >= 0.6 is 0 Å². The number of hydrogen-bond acceptors (Lipinski definition) is 3. The quantitative estimate of drug-likeness (QED) is 0.510. The molecule has 4 aromatic rings. The van der Waals surface area contributed by atoms with Crippen molar-refractivity contribution in [3.63, 3.8) is 0 Å². The molecule has 0 fully saturated rings. The monoisotopic (exact) mass is 170 g/mol. The van der Waals surface area contributed by atoms with Crippen molar-refractivity contribution in [1.82, 2.24) is 19.4 Å². The third-order valence-electron chi connectivity index (χ3n) is 1.98. The molecule has 0 atom stereocenters. The molecule has 4 rings (SSSR count). The summed E-state index contributed by atoms with van der Waals surface area (Å²) in [5.74, 6) is 0. The molecule has 0 unspecified atom stereocenters. The fraction of sp³-hybridized carbons (Fsp3) is 0. The fourth-order valence-electron chi connectivity index (χ4n) is 1.35. The maximum absolute atomic E-state index is 4.33. The first-order valence-electron chi connectivity index (χ1n) is 3.97. The van der Waals surface area contributed by atoms with Crippen molar-refractivity contribution in [3.05, 3.63) is 37.1 Å². The van der Waals surface area contributed by atoms with Crippen LogP contribution in [0.3, 0.4) is 0 Å². The Morgan fingerprint density at radius 3 is 3.08 bits per heavy atom. The molecule has 0 aliphatic rings. The van der Waals surface area contributed by atoms with Crippen molar-refractivity contribution < 1.29 is 0 Å². The Balaban J connectivity index is 2.72. The maximum atomic E-state index is 4.33. The lowest BCUT2D eigenvalue weighted by atomic mass is 10.4. The standard InChI is InChI=1S/C9H6N4/c1-2-8-9-11-6-13(8)5-10-4-3-7(1)12-9/h1-6H. The van der Waals surface area contributed by atoms with E-state index in [0.29, 0.717) is 0 Å². The SMILES string of the molecule is c1cc2ccc3c(ncn3cn1)n2. The van der Waals surface area contributed by atoms with Crippen LogP contribution in [0.25, 0.3) is 16.7 Å². The number of aromatic nitrogens is 4. The van der Waals surface area contributed by atoms with E-state index in [9.17, 15) is 0 Å². The molecular weight excluding hydrogens is 164 g/mol. The van der Waals surface area contributed by atoms with Crippen LogP contribution in [-0.4, -0.2) is 19.4 Å². The van der Waals surface area contributed by atoms with Gasteiger partial charge in [0.15, 0.2) is 5.65 Å². The zero-order valence-corrected chi connectivity index (χ0v) is 6.75. The summed E-state index contributed by atoms with van der Waals surface area (Å²) in [5.41, 5.74) is 2.63. The summed E-state index contributed by atoms with van der Waals surface area (Å²) >= 11 is 0. The molecule has 0 amide bonds. The predicted octanol–water partition coefficient (Wildman–Crippen LogP) is 1.28. The van der Waals surface area contributed by atoms with Crippen LogP contribution in [0.2, 0.25) is 0 Å². The highest BCUT2D eigenvalue weighted by molar-refractivity contribution is 5.74. The van der Waals surface area contributed by atoms with Crippen LogP contribution < -0.4 is 0 Å². The first-order valence-corrected chi connectivity index (χ1v) is 3.97. The first-order chi connectivity index (χ1) is 6.43. The van der Waals surface area contributed by atoms with Crippen LogP contribution in [0.1, 0.15) is 0 Å². The van der Waals surface area contributed by atoms with Crippen molar-refractivity contribution in [2.45, 2.75) is 0 Å². The number of hydrogen-bond donors (Lipinski definition) is 0. The molecule has 0 N–H and O–H groups in total. The Kier molecular flexibility index (Phi) is 1.14. The maximum Gasteiger partial charge on any atom is 0.178 e. The normalized spacial score (nSPS) is 11.1. The van der Waals surface area contributed by atoms with Gasteiger partial charge in [0, 0.05) is 6.20 Å². The van der Waals surface area contributed by atoms with E-state index in [-0.39, 0.29) is 0 Å². The third kappa shape index (κ3) is 0.885. The molecule has 0 spiro atoms. The van der Waals surface area contributed by atoms with Crippen molar-refractivity contribution in [2.75, 3.05) is 0 Å². The number of nitrogens with zero attached hydrogens (tertiary/aromatic N) is 4. The molecule has 0 saturated carbocycles. The van der Waals surface area contributed by atoms with Crippen molar-refractivity contribution in [1.29, 1.82) is 0 Å². The van der Waals surface area contributed by atoms with Crippen molar-refractivity contribution in [2.24, 2.45) is 0 Å². The average molecular weight is 170 g/mol. The minimum atomic E-state index is 0.760. The van der Waals surface area contributed by atoms with E-state index in [0.717, 1.165) is 16.7 Å². The van der Waals surface area contributed by atoms with Crippen LogP contribution in [0.4, 0.5) is 0 Å². The van der Waals surface area contributed by atoms with Gasteiger partial charge in [0.1, 0.15) is 12.7 Å². The zero-order valence-electron chi connectivity index (χ0n) is 6.75. The molecule has 4 nitrogen and oxygen atoms in total. The van der Waals surface area contributed by atoms with Gasteiger partial charge in [-0.3, -0.25) is 4.40 Å². The van der Waals surface area contributed by atoms with Crippen LogP contribution in [0.15, 0.2) is 37.1 Å². The number of rotatable bonds is 0. The summed E-state index contributed by atoms with van der Waals surface area (Å²) in [6.45, 7) is 0. The second-order valence-electron chi connectivity index (χ2n) is 2.81. The highest BCUT2D eigenvalue weighted by Crippen LogP contribution is 2.09. The van der Waals surface area contributed by atoms with Gasteiger partial charge >= 0.3 is 0 Å². The molecular formula is C9H6N4. The van der Waals surface area contributed by atoms with Gasteiger partial charge in [-0.1, -0.05) is 0 Å². The van der Waals surface area contributed by atoms with E-state index in [4.69, 9.17) is 0 Å². The third-order valence-corrected chi connectivity index (χ3v) is 1.98. The predicted molar refractivity (Wildman–Crippen MR) is 48.3 cm³/mol. The summed E-state index contributed by atoms with van der Waals surface area (Å²) in [7, 11) is 0. The molecule has 4 bridgehead atoms. The summed E-state index contributed by atoms with van der Waals surface area (Å²) < 4.78 is 1.85. The lowest BCUT2D eigenvalue weighted by molar-refractivity contribution is 1.09. The van der Waals surface area contributed by atoms with E-state index in [1.807, 2.05) is 22.6 Å². The minimum Gasteiger partial charge on any atom is -0.287 e. The van der Waals surface area contributed by atoms with Gasteiger partial charge in [0.2, 0.25) is 0 Å². The molecule has 0 aromatic carbocycles. The minimum absolute atomic E-state index is 0.760. The van der Waals surface area contributed by atoms with E-state index < -0.39 is 0 Å². The van der Waals surface area contributed by atoms with Crippen LogP contribution in [0, 0.1) is 0 Å². The van der Waals surface area contributed by atoms with Gasteiger partial charge in [-0.25, -0.2) is 15.0 Å². The van der Waals surface area contributed by atoms with E-state index in [1.54, 1.807) is 18.9 Å². The summed E-state index contributed by atoms with van der Waals surface area (Å²) in [4.78, 5) is 12.6. The molecule has 13 heavy (non-hydrogen) atoms. The first kappa shape index (κ1) is 6.54. The molecule has 0 saturated heterocycles. The molecule has 4 heterocycles. The Morgan fingerprint density at radius 2 is 2.08 bits per heavy atom. The fourth-order valence-corrected chi connectivity index (χ4v) is 1.35. The number of pyridine rings is 1. The molecule has 0 aliphatic carbocycles. The Bertz CT molecular complexity index is 555. The van der Waals surface area contributed by atoms with Gasteiger partial charge in [-0.2, -0.15) is 0 Å². The number of fused-ring (bicyclic) bond motifs is 4. The van der Waals surface area contributed by atoms with Gasteiger partial charge < -0.3 is 0 Å². The molecule has 4 aromatic heterocycles. The summed E-state index contributed by atoms with van der Waals surface area (Å²) in [5, 5.41) is 0. The summed E-state index contributed by atoms with van der Waals surface area (Å²) in [6, 6.07) is 5.80. The largest absolute Gasteiger partial charge is 0.287 e. The highest BCUT2D eigenvalue weighted by atomic mass is 15.0. The molecule has 62 valence electrons. The lowest BCUT2D eigenvalue weighted by Gasteiger charge is -1.88. The second kappa shape index (κ2) is 2.26. The average Bonchev–Trinajstić information content (AvgIpc) is 2.60. The van der Waals surface area contributed by atoms with Gasteiger partial charge in [0.25, 0.3) is 0 Å². The summed E-state index contributed by atoms with van der Waals surface area (Å²) in [6.07, 6.45) is 5.15. The topological polar surface area (TPSA) is 43.1 Å². The number of imidazole rings is 1. The van der Waals surface area contributed by atoms with E-state index in [1.165, 1.54) is 0 Å². The Morgan fingerprint density at radius 1 is 1.08 bits per heavy atom. The van der Waals surface area contributed by atoms with Gasteiger partial charge in [0.05, 0.1) is 11.0 Å². The second-order valence-corrected chi connectivity index (χ2v) is 2.81. The lowest BCUT2D eigenvalue weighted by Crippen LogP contribution is -1.78. The Labute approximate surface area is 73.9 Å². The van der Waals surface area contributed by atoms with Gasteiger partial charge in [-0.05, 0) is 18.2 Å².